The van der Waals surface area contributed by atoms with Crippen LogP contribution in [-0.4, -0.2) is 50.3 Å². The normalized spacial score (nSPS) is 14.9. The first-order valence-electron chi connectivity index (χ1n) is 10.6. The van der Waals surface area contributed by atoms with Gasteiger partial charge in [0.2, 0.25) is 0 Å². The van der Waals surface area contributed by atoms with Crippen molar-refractivity contribution in [1.29, 1.82) is 0 Å². The molecule has 1 aromatic heterocycles. The molecular weight excluding hydrogens is 465 g/mol. The van der Waals surface area contributed by atoms with Crippen LogP contribution in [0, 0.1) is 0 Å². The third-order valence-electron chi connectivity index (χ3n) is 4.72. The molecule has 0 bridgehead atoms. The Morgan fingerprint density at radius 2 is 1.89 bits per heavy atom. The Labute approximate surface area is 187 Å². The molecule has 2 rings (SSSR count). The number of hydrogen-bond acceptors (Lipinski definition) is 4. The van der Waals surface area contributed by atoms with Crippen LogP contribution in [0.5, 0.6) is 0 Å². The molecule has 1 fully saturated rings. The van der Waals surface area contributed by atoms with Gasteiger partial charge in [0.1, 0.15) is 5.82 Å². The lowest BCUT2D eigenvalue weighted by atomic mass is 10.2. The maximum absolute atomic E-state index is 5.37. The van der Waals surface area contributed by atoms with Gasteiger partial charge in [-0.3, -0.25) is 0 Å². The van der Waals surface area contributed by atoms with Gasteiger partial charge in [-0.1, -0.05) is 18.9 Å². The van der Waals surface area contributed by atoms with E-state index in [1.54, 1.807) is 0 Å². The number of ether oxygens (including phenoxy) is 1. The molecule has 2 heterocycles. The molecule has 1 saturated heterocycles. The number of pyridine rings is 1. The van der Waals surface area contributed by atoms with Crippen LogP contribution in [0.3, 0.4) is 0 Å². The highest BCUT2D eigenvalue weighted by Gasteiger charge is 2.10. The van der Waals surface area contributed by atoms with Crippen molar-refractivity contribution < 1.29 is 4.74 Å². The van der Waals surface area contributed by atoms with Gasteiger partial charge in [-0.2, -0.15) is 0 Å². The summed E-state index contributed by atoms with van der Waals surface area (Å²) in [5.41, 5.74) is 1.14. The zero-order valence-electron chi connectivity index (χ0n) is 17.6. The second kappa shape index (κ2) is 15.8. The first kappa shape index (κ1) is 24.9. The van der Waals surface area contributed by atoms with Gasteiger partial charge in [0.15, 0.2) is 5.96 Å². The van der Waals surface area contributed by atoms with Gasteiger partial charge in [0.05, 0.1) is 6.54 Å². The second-order valence-corrected chi connectivity index (χ2v) is 6.95. The van der Waals surface area contributed by atoms with E-state index < -0.39 is 0 Å². The van der Waals surface area contributed by atoms with Gasteiger partial charge in [-0.25, -0.2) is 9.98 Å². The fourth-order valence-corrected chi connectivity index (χ4v) is 3.19. The van der Waals surface area contributed by atoms with Gasteiger partial charge in [-0.15, -0.1) is 24.0 Å². The minimum atomic E-state index is 0. The summed E-state index contributed by atoms with van der Waals surface area (Å²) in [6.07, 6.45) is 9.35. The van der Waals surface area contributed by atoms with E-state index in [-0.39, 0.29) is 24.0 Å². The molecule has 0 spiro atoms. The predicted octanol–water partition coefficient (Wildman–Crippen LogP) is 3.95. The topological polar surface area (TPSA) is 61.8 Å². The lowest BCUT2D eigenvalue weighted by molar-refractivity contribution is 0.143. The molecule has 7 heteroatoms. The lowest BCUT2D eigenvalue weighted by Crippen LogP contribution is -2.37. The summed E-state index contributed by atoms with van der Waals surface area (Å²) in [5.74, 6) is 1.97. The molecule has 0 radical (unpaired) electrons. The van der Waals surface area contributed by atoms with Crippen LogP contribution in [0.25, 0.3) is 0 Å². The Morgan fingerprint density at radius 3 is 2.54 bits per heavy atom. The van der Waals surface area contributed by atoms with Crippen molar-refractivity contribution in [1.82, 2.24) is 15.6 Å². The molecule has 1 aliphatic heterocycles. The van der Waals surface area contributed by atoms with Crippen LogP contribution in [-0.2, 0) is 11.3 Å². The van der Waals surface area contributed by atoms with E-state index in [4.69, 9.17) is 4.74 Å². The quantitative estimate of drug-likeness (QED) is 0.219. The van der Waals surface area contributed by atoms with Crippen LogP contribution < -0.4 is 15.5 Å². The number of unbranched alkanes of at least 4 members (excludes halogenated alkanes) is 1. The van der Waals surface area contributed by atoms with E-state index >= 15 is 0 Å². The van der Waals surface area contributed by atoms with Crippen LogP contribution in [0.15, 0.2) is 23.3 Å². The monoisotopic (exact) mass is 503 g/mol. The lowest BCUT2D eigenvalue weighted by Gasteiger charge is -2.21. The smallest absolute Gasteiger partial charge is 0.191 e. The molecule has 0 aromatic carbocycles. The van der Waals surface area contributed by atoms with Crippen LogP contribution in [0.4, 0.5) is 5.82 Å². The van der Waals surface area contributed by atoms with Crippen molar-refractivity contribution in [2.45, 2.75) is 58.9 Å². The van der Waals surface area contributed by atoms with Crippen molar-refractivity contribution in [2.24, 2.45) is 4.99 Å². The van der Waals surface area contributed by atoms with Crippen molar-refractivity contribution in [3.8, 4) is 0 Å². The van der Waals surface area contributed by atoms with Crippen LogP contribution >= 0.6 is 24.0 Å². The van der Waals surface area contributed by atoms with Gasteiger partial charge >= 0.3 is 0 Å². The van der Waals surface area contributed by atoms with Gasteiger partial charge in [0.25, 0.3) is 0 Å². The third-order valence-corrected chi connectivity index (χ3v) is 4.72. The molecule has 1 aliphatic rings. The number of nitrogens with one attached hydrogen (secondary N) is 2. The summed E-state index contributed by atoms with van der Waals surface area (Å²) in [6, 6.07) is 4.30. The number of guanidine groups is 1. The Bertz CT molecular complexity index is 530. The van der Waals surface area contributed by atoms with E-state index in [2.05, 4.69) is 44.6 Å². The third kappa shape index (κ3) is 9.91. The van der Waals surface area contributed by atoms with Crippen LogP contribution in [0.2, 0.25) is 0 Å². The minimum Gasteiger partial charge on any atom is -0.382 e. The predicted molar refractivity (Wildman–Crippen MR) is 129 cm³/mol. The Balaban J connectivity index is 0.00000392. The summed E-state index contributed by atoms with van der Waals surface area (Å²) in [5, 5.41) is 6.70. The largest absolute Gasteiger partial charge is 0.382 e. The summed E-state index contributed by atoms with van der Waals surface area (Å²) >= 11 is 0. The highest BCUT2D eigenvalue weighted by atomic mass is 127. The molecule has 1 aromatic rings. The Kier molecular flexibility index (Phi) is 14.1. The molecule has 0 atom stereocenters. The number of aromatic nitrogens is 1. The van der Waals surface area contributed by atoms with Crippen molar-refractivity contribution in [3.05, 3.63) is 23.9 Å². The molecule has 0 unspecified atom stereocenters. The summed E-state index contributed by atoms with van der Waals surface area (Å²) in [7, 11) is 0. The Hall–Kier alpha value is -1.09. The number of anilines is 1. The number of aliphatic imine (C=N–C) groups is 1. The van der Waals surface area contributed by atoms with Crippen molar-refractivity contribution in [2.75, 3.05) is 44.3 Å². The van der Waals surface area contributed by atoms with E-state index in [1.165, 1.54) is 25.7 Å². The fourth-order valence-electron chi connectivity index (χ4n) is 3.19. The molecule has 0 amide bonds. The fraction of sp³-hybridized carbons (Fsp3) is 0.714. The molecular formula is C21H38IN5O. The van der Waals surface area contributed by atoms with Gasteiger partial charge < -0.3 is 20.3 Å². The van der Waals surface area contributed by atoms with E-state index in [0.717, 1.165) is 69.6 Å². The number of halogens is 1. The zero-order valence-corrected chi connectivity index (χ0v) is 19.9. The maximum Gasteiger partial charge on any atom is 0.191 e. The number of nitrogens with zero attached hydrogens (tertiary/aromatic N) is 3. The Morgan fingerprint density at radius 1 is 1.11 bits per heavy atom. The summed E-state index contributed by atoms with van der Waals surface area (Å²) < 4.78 is 5.37. The highest BCUT2D eigenvalue weighted by Crippen LogP contribution is 2.17. The summed E-state index contributed by atoms with van der Waals surface area (Å²) in [6.45, 7) is 10.4. The first-order chi connectivity index (χ1) is 13.3. The maximum atomic E-state index is 5.37. The van der Waals surface area contributed by atoms with Crippen LogP contribution in [0.1, 0.15) is 57.9 Å². The average molecular weight is 503 g/mol. The molecule has 28 heavy (non-hydrogen) atoms. The SMILES string of the molecule is CCNC(=NCc1ccc(N2CCCCCC2)nc1)NCCCCOCC.I. The molecule has 160 valence electrons. The van der Waals surface area contributed by atoms with Crippen molar-refractivity contribution in [3.63, 3.8) is 0 Å². The summed E-state index contributed by atoms with van der Waals surface area (Å²) in [4.78, 5) is 11.8. The van der Waals surface area contributed by atoms with Gasteiger partial charge in [0, 0.05) is 45.6 Å². The molecule has 0 saturated carbocycles. The van der Waals surface area contributed by atoms with E-state index in [1.807, 2.05) is 13.1 Å². The number of hydrogen-bond donors (Lipinski definition) is 2. The first-order valence-corrected chi connectivity index (χ1v) is 10.6. The molecule has 6 nitrogen and oxygen atoms in total. The highest BCUT2D eigenvalue weighted by molar-refractivity contribution is 14.0. The molecule has 2 N–H and O–H groups in total. The molecule has 0 aliphatic carbocycles. The van der Waals surface area contributed by atoms with E-state index in [9.17, 15) is 0 Å². The standard InChI is InChI=1S/C21H37N5O.HI/c1-3-22-21(23-13-7-10-16-27-4-2)25-18-19-11-12-20(24-17-19)26-14-8-5-6-9-15-26;/h11-12,17H,3-10,13-16,18H2,1-2H3,(H2,22,23,25);1H. The van der Waals surface area contributed by atoms with E-state index in [0.29, 0.717) is 6.54 Å². The second-order valence-electron chi connectivity index (χ2n) is 6.95. The van der Waals surface area contributed by atoms with Gasteiger partial charge in [-0.05, 0) is 51.2 Å². The zero-order chi connectivity index (χ0) is 19.2. The van der Waals surface area contributed by atoms with Crippen molar-refractivity contribution >= 4 is 35.8 Å². The average Bonchev–Trinajstić information content (AvgIpc) is 2.98. The minimum absolute atomic E-state index is 0. The number of rotatable bonds is 10.